The summed E-state index contributed by atoms with van der Waals surface area (Å²) in [5.74, 6) is 1.45. The second-order valence-corrected chi connectivity index (χ2v) is 12.1. The average molecular weight is 664 g/mol. The van der Waals surface area contributed by atoms with E-state index < -0.39 is 29.1 Å². The summed E-state index contributed by atoms with van der Waals surface area (Å²) in [5, 5.41) is 9.06. The average Bonchev–Trinajstić information content (AvgIpc) is 3.48. The smallest absolute Gasteiger partial charge is 0.306 e. The van der Waals surface area contributed by atoms with Crippen LogP contribution in [0.2, 0.25) is 0 Å². The Morgan fingerprint density at radius 3 is 2.19 bits per heavy atom. The molecule has 1 aliphatic heterocycles. The minimum atomic E-state index is -1.56. The minimum Gasteiger partial charge on any atom is -0.496 e. The Kier molecular flexibility index (Phi) is 12.3. The molecule has 3 N–H and O–H groups in total. The van der Waals surface area contributed by atoms with Gasteiger partial charge in [0.15, 0.2) is 11.6 Å². The van der Waals surface area contributed by atoms with Gasteiger partial charge in [-0.15, -0.1) is 0 Å². The number of aliphatic hydroxyl groups is 1. The number of methoxy groups -OCH3 is 3. The van der Waals surface area contributed by atoms with E-state index in [0.29, 0.717) is 52.7 Å². The van der Waals surface area contributed by atoms with E-state index in [2.05, 4.69) is 10.9 Å². The number of hydrogen-bond donors (Lipinski definition) is 3. The van der Waals surface area contributed by atoms with Crippen molar-refractivity contribution in [3.8, 4) is 23.0 Å². The maximum Gasteiger partial charge on any atom is 0.306 e. The SMILES string of the molecule is COc1cc(OC)c(CNNC(=O)[C@@]2(CCC(=O)OC(C)(C)C)N=C(c3ccc(OCCCO)cc3)O[C@H]2c2ccccc2)c(OC)c1. The lowest BCUT2D eigenvalue weighted by Crippen LogP contribution is -2.52. The molecule has 12 heteroatoms. The van der Waals surface area contributed by atoms with Gasteiger partial charge in [0.05, 0.1) is 33.5 Å². The molecule has 0 saturated carbocycles. The molecule has 4 rings (SSSR count). The molecule has 3 aromatic rings. The predicted octanol–water partition coefficient (Wildman–Crippen LogP) is 4.67. The molecule has 3 aromatic carbocycles. The molecule has 48 heavy (non-hydrogen) atoms. The lowest BCUT2D eigenvalue weighted by molar-refractivity contribution is -0.155. The van der Waals surface area contributed by atoms with Crippen molar-refractivity contribution >= 4 is 17.8 Å². The van der Waals surface area contributed by atoms with Crippen LogP contribution in [0, 0.1) is 0 Å². The lowest BCUT2D eigenvalue weighted by atomic mass is 9.83. The van der Waals surface area contributed by atoms with Crippen LogP contribution >= 0.6 is 0 Å². The third-order valence-electron chi connectivity index (χ3n) is 7.55. The van der Waals surface area contributed by atoms with Crippen LogP contribution in [0.1, 0.15) is 62.8 Å². The summed E-state index contributed by atoms with van der Waals surface area (Å²) in [5.41, 5.74) is 5.53. The number of carbonyl (C=O) groups is 2. The summed E-state index contributed by atoms with van der Waals surface area (Å²) in [6.45, 7) is 5.91. The van der Waals surface area contributed by atoms with Crippen molar-refractivity contribution in [2.75, 3.05) is 34.5 Å². The number of amides is 1. The number of benzene rings is 3. The number of esters is 1. The van der Waals surface area contributed by atoms with Crippen molar-refractivity contribution in [2.24, 2.45) is 4.99 Å². The molecule has 2 atom stereocenters. The van der Waals surface area contributed by atoms with E-state index in [1.54, 1.807) is 64.3 Å². The standard InChI is InChI=1S/C36H45N3O9/c1-35(2,3)48-31(41)17-18-36(34(42)39-37-23-28-29(44-5)21-27(43-4)22-30(28)45-6)32(24-11-8-7-9-12-24)47-33(38-36)25-13-15-26(16-14-25)46-20-10-19-40/h7-9,11-16,21-22,32,37,40H,10,17-20,23H2,1-6H3,(H,39,42)/t32-,36-/m0/s1. The van der Waals surface area contributed by atoms with E-state index >= 15 is 0 Å². The molecule has 1 aliphatic rings. The molecule has 12 nitrogen and oxygen atoms in total. The van der Waals surface area contributed by atoms with Gasteiger partial charge in [0, 0.05) is 43.7 Å². The molecule has 0 fully saturated rings. The first kappa shape index (κ1) is 36.0. The molecule has 0 spiro atoms. The quantitative estimate of drug-likeness (QED) is 0.112. The minimum absolute atomic E-state index is 0.00395. The van der Waals surface area contributed by atoms with E-state index in [0.717, 1.165) is 0 Å². The van der Waals surface area contributed by atoms with E-state index in [1.165, 1.54) is 14.2 Å². The Labute approximate surface area is 281 Å². The maximum atomic E-state index is 14.4. The predicted molar refractivity (Wildman–Crippen MR) is 179 cm³/mol. The van der Waals surface area contributed by atoms with Gasteiger partial charge in [-0.25, -0.2) is 10.4 Å². The summed E-state index contributed by atoms with van der Waals surface area (Å²) in [7, 11) is 4.62. The van der Waals surface area contributed by atoms with Crippen molar-refractivity contribution in [3.63, 3.8) is 0 Å². The maximum absolute atomic E-state index is 14.4. The monoisotopic (exact) mass is 663 g/mol. The van der Waals surface area contributed by atoms with Gasteiger partial charge in [-0.2, -0.15) is 0 Å². The molecule has 0 unspecified atom stereocenters. The molecule has 258 valence electrons. The highest BCUT2D eigenvalue weighted by molar-refractivity contribution is 6.01. The highest BCUT2D eigenvalue weighted by Gasteiger charge is 2.53. The topological polar surface area (TPSA) is 146 Å². The number of nitrogens with zero attached hydrogens (tertiary/aromatic N) is 1. The van der Waals surface area contributed by atoms with Gasteiger partial charge in [0.25, 0.3) is 5.91 Å². The summed E-state index contributed by atoms with van der Waals surface area (Å²) >= 11 is 0. The third-order valence-corrected chi connectivity index (χ3v) is 7.55. The van der Waals surface area contributed by atoms with E-state index in [4.69, 9.17) is 38.5 Å². The van der Waals surface area contributed by atoms with Gasteiger partial charge in [-0.3, -0.25) is 15.0 Å². The second kappa shape index (κ2) is 16.3. The zero-order valence-corrected chi connectivity index (χ0v) is 28.3. The van der Waals surface area contributed by atoms with E-state index in [9.17, 15) is 9.59 Å². The summed E-state index contributed by atoms with van der Waals surface area (Å²) in [6.07, 6.45) is -0.455. The van der Waals surface area contributed by atoms with Crippen molar-refractivity contribution in [2.45, 2.75) is 63.8 Å². The molecular weight excluding hydrogens is 618 g/mol. The van der Waals surface area contributed by atoms with Gasteiger partial charge in [0.1, 0.15) is 28.6 Å². The highest BCUT2D eigenvalue weighted by Crippen LogP contribution is 2.43. The fourth-order valence-corrected chi connectivity index (χ4v) is 5.26. The number of hydrazine groups is 1. The first-order valence-corrected chi connectivity index (χ1v) is 15.7. The van der Waals surface area contributed by atoms with Crippen molar-refractivity contribution < 1.29 is 43.1 Å². The first-order chi connectivity index (χ1) is 23.0. The molecule has 0 aromatic heterocycles. The molecule has 0 aliphatic carbocycles. The number of carbonyl (C=O) groups excluding carboxylic acids is 2. The van der Waals surface area contributed by atoms with Crippen LogP contribution in [-0.2, 0) is 25.6 Å². The molecule has 1 heterocycles. The molecular formula is C36H45N3O9. The highest BCUT2D eigenvalue weighted by atomic mass is 16.6. The Balaban J connectivity index is 1.69. The third kappa shape index (κ3) is 8.96. The van der Waals surface area contributed by atoms with Crippen LogP contribution in [-0.4, -0.2) is 68.6 Å². The van der Waals surface area contributed by atoms with Crippen molar-refractivity contribution in [3.05, 3.63) is 83.4 Å². The number of ether oxygens (including phenoxy) is 6. The van der Waals surface area contributed by atoms with Gasteiger partial charge < -0.3 is 33.5 Å². The molecule has 0 saturated heterocycles. The van der Waals surface area contributed by atoms with Crippen LogP contribution in [0.15, 0.2) is 71.7 Å². The Morgan fingerprint density at radius 1 is 0.938 bits per heavy atom. The summed E-state index contributed by atoms with van der Waals surface area (Å²) < 4.78 is 34.2. The van der Waals surface area contributed by atoms with Crippen molar-refractivity contribution in [1.82, 2.24) is 10.9 Å². The normalized spacial score (nSPS) is 17.1. The zero-order chi connectivity index (χ0) is 34.7. The Hall–Kier alpha value is -4.81. The van der Waals surface area contributed by atoms with Gasteiger partial charge in [0.2, 0.25) is 5.90 Å². The van der Waals surface area contributed by atoms with Gasteiger partial charge in [-0.05, 0) is 57.0 Å². The van der Waals surface area contributed by atoms with Gasteiger partial charge in [-0.1, -0.05) is 30.3 Å². The number of nitrogens with one attached hydrogen (secondary N) is 2. The van der Waals surface area contributed by atoms with Crippen LogP contribution < -0.4 is 29.8 Å². The fourth-order valence-electron chi connectivity index (χ4n) is 5.26. The van der Waals surface area contributed by atoms with Crippen LogP contribution in [0.5, 0.6) is 23.0 Å². The second-order valence-electron chi connectivity index (χ2n) is 12.1. The molecule has 1 amide bonds. The van der Waals surface area contributed by atoms with E-state index in [1.807, 2.05) is 30.3 Å². The summed E-state index contributed by atoms with van der Waals surface area (Å²) in [4.78, 5) is 32.3. The number of hydrogen-bond acceptors (Lipinski definition) is 11. The number of aliphatic hydroxyl groups excluding tert-OH is 1. The Morgan fingerprint density at radius 2 is 1.60 bits per heavy atom. The molecule has 0 bridgehead atoms. The van der Waals surface area contributed by atoms with Crippen LogP contribution in [0.3, 0.4) is 0 Å². The van der Waals surface area contributed by atoms with Crippen molar-refractivity contribution in [1.29, 1.82) is 0 Å². The Bertz CT molecular complexity index is 1530. The lowest BCUT2D eigenvalue weighted by Gasteiger charge is -2.31. The summed E-state index contributed by atoms with van der Waals surface area (Å²) in [6, 6.07) is 19.9. The largest absolute Gasteiger partial charge is 0.496 e. The van der Waals surface area contributed by atoms with Crippen LogP contribution in [0.4, 0.5) is 0 Å². The first-order valence-electron chi connectivity index (χ1n) is 15.7. The molecule has 0 radical (unpaired) electrons. The fraction of sp³-hybridized carbons (Fsp3) is 0.417. The van der Waals surface area contributed by atoms with E-state index in [-0.39, 0.29) is 31.9 Å². The van der Waals surface area contributed by atoms with Crippen LogP contribution in [0.25, 0.3) is 0 Å². The number of rotatable bonds is 16. The number of aliphatic imine (C=N–C) groups is 1. The van der Waals surface area contributed by atoms with Gasteiger partial charge >= 0.3 is 5.97 Å². The zero-order valence-electron chi connectivity index (χ0n) is 28.3.